The Morgan fingerprint density at radius 3 is 2.52 bits per heavy atom. The highest BCUT2D eigenvalue weighted by Gasteiger charge is 2.13. The fraction of sp³-hybridized carbons (Fsp3) is 0. The Morgan fingerprint density at radius 1 is 0.952 bits per heavy atom. The molecule has 21 heavy (non-hydrogen) atoms. The molecule has 0 spiro atoms. The third-order valence-corrected chi connectivity index (χ3v) is 3.30. The first-order valence-corrected chi connectivity index (χ1v) is 6.57. The van der Waals surface area contributed by atoms with Gasteiger partial charge >= 0.3 is 0 Å². The molecule has 0 radical (unpaired) electrons. The molecule has 4 nitrogen and oxygen atoms in total. The van der Waals surface area contributed by atoms with Gasteiger partial charge in [0.1, 0.15) is 0 Å². The normalized spacial score (nSPS) is 11.5. The first-order chi connectivity index (χ1) is 10.3. The zero-order valence-electron chi connectivity index (χ0n) is 11.3. The number of nitrogens with two attached hydrogens (primary N) is 1. The lowest BCUT2D eigenvalue weighted by Gasteiger charge is -2.11. The van der Waals surface area contributed by atoms with Crippen LogP contribution in [0.2, 0.25) is 0 Å². The summed E-state index contributed by atoms with van der Waals surface area (Å²) in [5.74, 6) is 0. The minimum atomic E-state index is 0.300. The van der Waals surface area contributed by atoms with E-state index in [-0.39, 0.29) is 0 Å². The van der Waals surface area contributed by atoms with Gasteiger partial charge in [0.15, 0.2) is 0 Å². The quantitative estimate of drug-likeness (QED) is 0.721. The van der Waals surface area contributed by atoms with Crippen LogP contribution >= 0.6 is 0 Å². The van der Waals surface area contributed by atoms with Gasteiger partial charge in [-0.1, -0.05) is 24.3 Å². The molecule has 3 N–H and O–H groups in total. The third kappa shape index (κ3) is 2.39. The van der Waals surface area contributed by atoms with E-state index in [0.29, 0.717) is 17.0 Å². The molecule has 0 aliphatic carbocycles. The van der Waals surface area contributed by atoms with Crippen LogP contribution in [0.15, 0.2) is 67.1 Å². The van der Waals surface area contributed by atoms with E-state index >= 15 is 0 Å². The van der Waals surface area contributed by atoms with E-state index in [1.54, 1.807) is 18.5 Å². The van der Waals surface area contributed by atoms with Crippen LogP contribution in [0.1, 0.15) is 11.3 Å². The summed E-state index contributed by atoms with van der Waals surface area (Å²) in [6.07, 6.45) is 4.86. The molecular weight excluding hydrogens is 260 g/mol. The number of hydrogen-bond donors (Lipinski definition) is 2. The maximum atomic E-state index is 8.37. The van der Waals surface area contributed by atoms with Crippen molar-refractivity contribution in [3.63, 3.8) is 0 Å². The largest absolute Gasteiger partial charge is 0.404 e. The SMILES string of the molecule is N=C(/C(=C\N)c1ccnc2ccccc12)c1ccccn1. The Morgan fingerprint density at radius 2 is 1.76 bits per heavy atom. The van der Waals surface area contributed by atoms with Crippen molar-refractivity contribution in [1.29, 1.82) is 5.41 Å². The highest BCUT2D eigenvalue weighted by Crippen LogP contribution is 2.25. The molecule has 1 aromatic carbocycles. The van der Waals surface area contributed by atoms with Gasteiger partial charge < -0.3 is 5.73 Å². The molecule has 0 aliphatic heterocycles. The van der Waals surface area contributed by atoms with Crippen molar-refractivity contribution in [3.8, 4) is 0 Å². The Hall–Kier alpha value is -3.01. The summed E-state index contributed by atoms with van der Waals surface area (Å²) in [4.78, 5) is 8.55. The lowest BCUT2D eigenvalue weighted by atomic mass is 9.96. The number of pyridine rings is 2. The molecule has 2 heterocycles. The van der Waals surface area contributed by atoms with Gasteiger partial charge in [0, 0.05) is 29.6 Å². The molecule has 0 aliphatic rings. The number of allylic oxidation sites excluding steroid dienone is 1. The maximum Gasteiger partial charge on any atom is 0.0889 e. The number of benzene rings is 1. The second kappa shape index (κ2) is 5.54. The topological polar surface area (TPSA) is 75.7 Å². The van der Waals surface area contributed by atoms with Gasteiger partial charge in [-0.05, 0) is 29.8 Å². The summed E-state index contributed by atoms with van der Waals surface area (Å²) in [6, 6.07) is 15.2. The van der Waals surface area contributed by atoms with E-state index in [4.69, 9.17) is 11.1 Å². The Labute approximate surface area is 122 Å². The molecule has 102 valence electrons. The van der Waals surface area contributed by atoms with E-state index in [0.717, 1.165) is 16.5 Å². The van der Waals surface area contributed by atoms with E-state index in [2.05, 4.69) is 9.97 Å². The first kappa shape index (κ1) is 13.0. The minimum absolute atomic E-state index is 0.300. The summed E-state index contributed by atoms with van der Waals surface area (Å²) in [7, 11) is 0. The van der Waals surface area contributed by atoms with E-state index < -0.39 is 0 Å². The monoisotopic (exact) mass is 274 g/mol. The molecule has 3 aromatic rings. The molecule has 0 amide bonds. The number of para-hydroxylation sites is 1. The Balaban J connectivity index is 2.14. The van der Waals surface area contributed by atoms with Gasteiger partial charge in [0.2, 0.25) is 0 Å². The van der Waals surface area contributed by atoms with E-state index in [1.807, 2.05) is 42.5 Å². The van der Waals surface area contributed by atoms with Gasteiger partial charge in [-0.25, -0.2) is 0 Å². The maximum absolute atomic E-state index is 8.37. The van der Waals surface area contributed by atoms with Crippen LogP contribution in [0.4, 0.5) is 0 Å². The van der Waals surface area contributed by atoms with Crippen LogP contribution < -0.4 is 5.73 Å². The van der Waals surface area contributed by atoms with E-state index in [1.165, 1.54) is 6.20 Å². The molecule has 0 bridgehead atoms. The van der Waals surface area contributed by atoms with Crippen molar-refractivity contribution < 1.29 is 0 Å². The molecule has 0 atom stereocenters. The Bertz CT molecular complexity index is 817. The third-order valence-electron chi connectivity index (χ3n) is 3.30. The highest BCUT2D eigenvalue weighted by molar-refractivity contribution is 6.31. The van der Waals surface area contributed by atoms with Gasteiger partial charge in [0.05, 0.1) is 16.9 Å². The Kier molecular flexibility index (Phi) is 3.43. The lowest BCUT2D eigenvalue weighted by molar-refractivity contribution is 1.28. The zero-order valence-corrected chi connectivity index (χ0v) is 11.3. The second-order valence-corrected chi connectivity index (χ2v) is 4.55. The predicted molar refractivity (Wildman–Crippen MR) is 85.0 cm³/mol. The number of fused-ring (bicyclic) bond motifs is 1. The number of nitrogens with zero attached hydrogens (tertiary/aromatic N) is 2. The smallest absolute Gasteiger partial charge is 0.0889 e. The molecule has 2 aromatic heterocycles. The van der Waals surface area contributed by atoms with Crippen LogP contribution in [0, 0.1) is 5.41 Å². The summed E-state index contributed by atoms with van der Waals surface area (Å²) in [6.45, 7) is 0. The van der Waals surface area contributed by atoms with Crippen molar-refractivity contribution >= 4 is 22.2 Å². The van der Waals surface area contributed by atoms with Gasteiger partial charge in [0.25, 0.3) is 0 Å². The van der Waals surface area contributed by atoms with Crippen LogP contribution in [0.25, 0.3) is 16.5 Å². The predicted octanol–water partition coefficient (Wildman–Crippen LogP) is 3.00. The van der Waals surface area contributed by atoms with Crippen molar-refractivity contribution in [3.05, 3.63) is 78.4 Å². The van der Waals surface area contributed by atoms with Crippen LogP contribution in [0.5, 0.6) is 0 Å². The molecule has 0 saturated heterocycles. The van der Waals surface area contributed by atoms with Crippen LogP contribution in [-0.4, -0.2) is 15.7 Å². The number of hydrogen-bond acceptors (Lipinski definition) is 4. The minimum Gasteiger partial charge on any atom is -0.404 e. The zero-order chi connectivity index (χ0) is 14.7. The van der Waals surface area contributed by atoms with E-state index in [9.17, 15) is 0 Å². The second-order valence-electron chi connectivity index (χ2n) is 4.55. The van der Waals surface area contributed by atoms with Gasteiger partial charge in [-0.15, -0.1) is 0 Å². The summed E-state index contributed by atoms with van der Waals surface area (Å²) in [5, 5.41) is 9.34. The molecule has 4 heteroatoms. The van der Waals surface area contributed by atoms with Crippen molar-refractivity contribution in [2.24, 2.45) is 5.73 Å². The fourth-order valence-electron chi connectivity index (χ4n) is 2.29. The summed E-state index contributed by atoms with van der Waals surface area (Å²) >= 11 is 0. The highest BCUT2D eigenvalue weighted by atomic mass is 14.7. The standard InChI is InChI=1S/C17H14N4/c18-11-14(17(19)16-7-3-4-9-20-16)12-8-10-21-15-6-2-1-5-13(12)15/h1-11,19H,18H2/b14-11-,19-17?. The van der Waals surface area contributed by atoms with Crippen molar-refractivity contribution in [2.45, 2.75) is 0 Å². The molecule has 0 unspecified atom stereocenters. The lowest BCUT2D eigenvalue weighted by Crippen LogP contribution is -2.07. The molecule has 0 fully saturated rings. The van der Waals surface area contributed by atoms with Crippen LogP contribution in [-0.2, 0) is 0 Å². The number of aromatic nitrogens is 2. The summed E-state index contributed by atoms with van der Waals surface area (Å²) in [5.41, 5.74) is 9.09. The summed E-state index contributed by atoms with van der Waals surface area (Å²) < 4.78 is 0. The van der Waals surface area contributed by atoms with Crippen molar-refractivity contribution in [2.75, 3.05) is 0 Å². The first-order valence-electron chi connectivity index (χ1n) is 6.57. The average molecular weight is 274 g/mol. The number of rotatable bonds is 3. The van der Waals surface area contributed by atoms with Crippen LogP contribution in [0.3, 0.4) is 0 Å². The van der Waals surface area contributed by atoms with Gasteiger partial charge in [-0.3, -0.25) is 15.4 Å². The average Bonchev–Trinajstić information content (AvgIpc) is 2.56. The number of nitrogens with one attached hydrogen (secondary N) is 1. The van der Waals surface area contributed by atoms with Crippen molar-refractivity contribution in [1.82, 2.24) is 9.97 Å². The van der Waals surface area contributed by atoms with Gasteiger partial charge in [-0.2, -0.15) is 0 Å². The molecule has 3 rings (SSSR count). The molecule has 0 saturated carbocycles. The fourth-order valence-corrected chi connectivity index (χ4v) is 2.29. The molecular formula is C17H14N4.